The highest BCUT2D eigenvalue weighted by Gasteiger charge is 2.38. The third kappa shape index (κ3) is 2.31. The van der Waals surface area contributed by atoms with Crippen LogP contribution in [-0.2, 0) is 9.53 Å². The largest absolute Gasteiger partial charge is 0.368 e. The van der Waals surface area contributed by atoms with Crippen LogP contribution in [0.25, 0.3) is 0 Å². The lowest BCUT2D eigenvalue weighted by atomic mass is 9.80. The van der Waals surface area contributed by atoms with Crippen LogP contribution in [0.3, 0.4) is 0 Å². The van der Waals surface area contributed by atoms with E-state index >= 15 is 0 Å². The molecular weight excluding hydrogens is 164 g/mol. The second-order valence-electron chi connectivity index (χ2n) is 3.76. The number of hydrogen-bond donors (Lipinski definition) is 0. The molecule has 2 heteroatoms. The molecule has 0 spiro atoms. The Labute approximate surface area is 80.7 Å². The Hall–Kier alpha value is -0.370. The molecule has 0 bridgehead atoms. The third-order valence-corrected chi connectivity index (χ3v) is 2.91. The van der Waals surface area contributed by atoms with Crippen LogP contribution in [0.5, 0.6) is 0 Å². The zero-order valence-corrected chi connectivity index (χ0v) is 8.77. The summed E-state index contributed by atoms with van der Waals surface area (Å²) in [6.07, 6.45) is 6.03. The summed E-state index contributed by atoms with van der Waals surface area (Å²) in [7, 11) is 0. The van der Waals surface area contributed by atoms with Crippen molar-refractivity contribution in [3.63, 3.8) is 0 Å². The van der Waals surface area contributed by atoms with Crippen molar-refractivity contribution in [2.75, 3.05) is 6.61 Å². The van der Waals surface area contributed by atoms with Crippen LogP contribution in [0.15, 0.2) is 0 Å². The minimum atomic E-state index is -0.401. The minimum absolute atomic E-state index is 0.300. The van der Waals surface area contributed by atoms with Gasteiger partial charge in [0.05, 0.1) is 0 Å². The first-order valence-electron chi connectivity index (χ1n) is 5.42. The molecule has 0 aromatic rings. The molecule has 1 saturated carbocycles. The van der Waals surface area contributed by atoms with Gasteiger partial charge < -0.3 is 4.74 Å². The monoisotopic (exact) mass is 184 g/mol. The predicted molar refractivity (Wildman–Crippen MR) is 52.7 cm³/mol. The Morgan fingerprint density at radius 2 is 1.85 bits per heavy atom. The molecule has 0 N–H and O–H groups in total. The average molecular weight is 184 g/mol. The Balaban J connectivity index is 2.66. The van der Waals surface area contributed by atoms with Gasteiger partial charge in [-0.25, -0.2) is 0 Å². The second kappa shape index (κ2) is 4.75. The number of hydrogen-bond acceptors (Lipinski definition) is 2. The number of Topliss-reactive ketones (excluding diaryl/α,β-unsaturated/α-hetero) is 1. The molecule has 0 radical (unpaired) electrons. The highest BCUT2D eigenvalue weighted by Crippen LogP contribution is 2.33. The molecule has 2 nitrogen and oxygen atoms in total. The maximum Gasteiger partial charge on any atom is 0.164 e. The normalized spacial score (nSPS) is 21.4. The van der Waals surface area contributed by atoms with Crippen LogP contribution in [-0.4, -0.2) is 18.0 Å². The van der Waals surface area contributed by atoms with E-state index in [4.69, 9.17) is 4.74 Å². The van der Waals surface area contributed by atoms with Crippen molar-refractivity contribution < 1.29 is 9.53 Å². The second-order valence-corrected chi connectivity index (χ2v) is 3.76. The van der Waals surface area contributed by atoms with Gasteiger partial charge in [-0.15, -0.1) is 0 Å². The fourth-order valence-electron chi connectivity index (χ4n) is 2.23. The van der Waals surface area contributed by atoms with Gasteiger partial charge in [-0.3, -0.25) is 4.79 Å². The van der Waals surface area contributed by atoms with Gasteiger partial charge in [0.2, 0.25) is 0 Å². The highest BCUT2D eigenvalue weighted by molar-refractivity contribution is 5.87. The van der Waals surface area contributed by atoms with Crippen LogP contribution < -0.4 is 0 Å². The Bertz CT molecular complexity index is 163. The molecule has 0 atom stereocenters. The fraction of sp³-hybridized carbons (Fsp3) is 0.909. The first-order valence-corrected chi connectivity index (χ1v) is 5.42. The summed E-state index contributed by atoms with van der Waals surface area (Å²) in [5.41, 5.74) is -0.401. The van der Waals surface area contributed by atoms with Crippen LogP contribution in [0, 0.1) is 0 Å². The van der Waals surface area contributed by atoms with Gasteiger partial charge in [-0.2, -0.15) is 0 Å². The van der Waals surface area contributed by atoms with E-state index in [0.717, 1.165) is 25.7 Å². The van der Waals surface area contributed by atoms with E-state index in [1.807, 2.05) is 13.8 Å². The van der Waals surface area contributed by atoms with Crippen LogP contribution >= 0.6 is 0 Å². The number of ether oxygens (including phenoxy) is 1. The summed E-state index contributed by atoms with van der Waals surface area (Å²) in [5.74, 6) is 0.300. The molecule has 1 aliphatic carbocycles. The molecule has 1 rings (SSSR count). The lowest BCUT2D eigenvalue weighted by Gasteiger charge is -2.35. The quantitative estimate of drug-likeness (QED) is 0.671. The average Bonchev–Trinajstić information content (AvgIpc) is 2.18. The highest BCUT2D eigenvalue weighted by atomic mass is 16.5. The first-order chi connectivity index (χ1) is 6.25. The van der Waals surface area contributed by atoms with E-state index in [9.17, 15) is 4.79 Å². The summed E-state index contributed by atoms with van der Waals surface area (Å²) < 4.78 is 5.67. The van der Waals surface area contributed by atoms with Crippen molar-refractivity contribution in [3.8, 4) is 0 Å². The number of carbonyl (C=O) groups excluding carboxylic acids is 1. The van der Waals surface area contributed by atoms with Gasteiger partial charge in [0.25, 0.3) is 0 Å². The molecule has 0 aromatic carbocycles. The maximum absolute atomic E-state index is 11.8. The van der Waals surface area contributed by atoms with Gasteiger partial charge in [0, 0.05) is 13.0 Å². The van der Waals surface area contributed by atoms with Gasteiger partial charge in [0.1, 0.15) is 5.60 Å². The summed E-state index contributed by atoms with van der Waals surface area (Å²) in [4.78, 5) is 11.8. The fourth-order valence-corrected chi connectivity index (χ4v) is 2.23. The minimum Gasteiger partial charge on any atom is -0.368 e. The molecule has 0 heterocycles. The lowest BCUT2D eigenvalue weighted by molar-refractivity contribution is -0.148. The van der Waals surface area contributed by atoms with Gasteiger partial charge in [0.15, 0.2) is 5.78 Å². The van der Waals surface area contributed by atoms with Crippen molar-refractivity contribution in [1.29, 1.82) is 0 Å². The molecule has 1 fully saturated rings. The van der Waals surface area contributed by atoms with Gasteiger partial charge in [-0.05, 0) is 19.8 Å². The van der Waals surface area contributed by atoms with E-state index in [1.54, 1.807) is 0 Å². The van der Waals surface area contributed by atoms with Crippen molar-refractivity contribution in [2.45, 2.75) is 58.0 Å². The van der Waals surface area contributed by atoms with Crippen LogP contribution in [0.4, 0.5) is 0 Å². The Kier molecular flexibility index (Phi) is 3.91. The SMILES string of the molecule is CCOC1(C(=O)CC)CCCCC1. The standard InChI is InChI=1S/C11H20O2/c1-3-10(12)11(13-4-2)8-6-5-7-9-11/h3-9H2,1-2H3. The van der Waals surface area contributed by atoms with E-state index < -0.39 is 5.60 Å². The zero-order chi connectivity index (χ0) is 9.73. The molecule has 0 amide bonds. The molecule has 0 aromatic heterocycles. The van der Waals surface area contributed by atoms with Crippen LogP contribution in [0.1, 0.15) is 52.4 Å². The molecular formula is C11H20O2. The molecule has 1 aliphatic rings. The molecule has 76 valence electrons. The number of carbonyl (C=O) groups is 1. The Morgan fingerprint density at radius 3 is 2.31 bits per heavy atom. The molecule has 0 unspecified atom stereocenters. The van der Waals surface area contributed by atoms with E-state index in [2.05, 4.69) is 0 Å². The summed E-state index contributed by atoms with van der Waals surface area (Å²) in [6, 6.07) is 0. The number of rotatable bonds is 4. The predicted octanol–water partition coefficient (Wildman–Crippen LogP) is 2.70. The Morgan fingerprint density at radius 1 is 1.23 bits per heavy atom. The summed E-state index contributed by atoms with van der Waals surface area (Å²) in [6.45, 7) is 4.56. The number of ketones is 1. The van der Waals surface area contributed by atoms with Gasteiger partial charge in [-0.1, -0.05) is 26.2 Å². The first kappa shape index (κ1) is 10.7. The van der Waals surface area contributed by atoms with E-state index in [0.29, 0.717) is 18.8 Å². The van der Waals surface area contributed by atoms with Crippen molar-refractivity contribution in [2.24, 2.45) is 0 Å². The van der Waals surface area contributed by atoms with Crippen molar-refractivity contribution >= 4 is 5.78 Å². The summed E-state index contributed by atoms with van der Waals surface area (Å²) in [5, 5.41) is 0. The van der Waals surface area contributed by atoms with Crippen molar-refractivity contribution in [1.82, 2.24) is 0 Å². The lowest BCUT2D eigenvalue weighted by Crippen LogP contribution is -2.43. The van der Waals surface area contributed by atoms with Crippen molar-refractivity contribution in [3.05, 3.63) is 0 Å². The van der Waals surface area contributed by atoms with Crippen LogP contribution in [0.2, 0.25) is 0 Å². The smallest absolute Gasteiger partial charge is 0.164 e. The summed E-state index contributed by atoms with van der Waals surface area (Å²) >= 11 is 0. The molecule has 0 aliphatic heterocycles. The third-order valence-electron chi connectivity index (χ3n) is 2.91. The zero-order valence-electron chi connectivity index (χ0n) is 8.77. The molecule has 13 heavy (non-hydrogen) atoms. The maximum atomic E-state index is 11.8. The van der Waals surface area contributed by atoms with Gasteiger partial charge >= 0.3 is 0 Å². The van der Waals surface area contributed by atoms with E-state index in [-0.39, 0.29) is 0 Å². The topological polar surface area (TPSA) is 26.3 Å². The molecule has 0 saturated heterocycles. The van der Waals surface area contributed by atoms with E-state index in [1.165, 1.54) is 6.42 Å².